The van der Waals surface area contributed by atoms with Gasteiger partial charge in [-0.3, -0.25) is 9.69 Å². The van der Waals surface area contributed by atoms with E-state index in [2.05, 4.69) is 29.8 Å². The normalized spacial score (nSPS) is 15.5. The number of aromatic nitrogens is 1. The van der Waals surface area contributed by atoms with Gasteiger partial charge in [0.25, 0.3) is 5.91 Å². The zero-order chi connectivity index (χ0) is 22.7. The minimum atomic E-state index is -0.118. The monoisotopic (exact) mass is 428 g/mol. The van der Waals surface area contributed by atoms with Crippen LogP contribution in [0.25, 0.3) is 22.8 Å². The van der Waals surface area contributed by atoms with Gasteiger partial charge in [0.1, 0.15) is 6.04 Å². The van der Waals surface area contributed by atoms with E-state index in [0.29, 0.717) is 49.0 Å². The predicted octanol–water partition coefficient (Wildman–Crippen LogP) is 4.62. The van der Waals surface area contributed by atoms with Crippen LogP contribution in [0, 0.1) is 24.2 Å². The number of rotatable bonds is 5. The first-order valence-corrected chi connectivity index (χ1v) is 11.0. The average Bonchev–Trinajstić information content (AvgIpc) is 3.30. The van der Waals surface area contributed by atoms with Crippen LogP contribution in [0.5, 0.6) is 0 Å². The fourth-order valence-electron chi connectivity index (χ4n) is 4.13. The summed E-state index contributed by atoms with van der Waals surface area (Å²) in [4.78, 5) is 21.8. The Morgan fingerprint density at radius 3 is 2.41 bits per heavy atom. The molecule has 0 bridgehead atoms. The number of aryl methyl sites for hydroxylation is 1. The van der Waals surface area contributed by atoms with Gasteiger partial charge in [0.2, 0.25) is 5.89 Å². The van der Waals surface area contributed by atoms with E-state index in [1.54, 1.807) is 6.20 Å². The van der Waals surface area contributed by atoms with Crippen molar-refractivity contribution < 1.29 is 9.21 Å². The largest absolute Gasteiger partial charge is 0.436 e. The summed E-state index contributed by atoms with van der Waals surface area (Å²) in [7, 11) is 0. The summed E-state index contributed by atoms with van der Waals surface area (Å²) in [5, 5.41) is 9.47. The van der Waals surface area contributed by atoms with Crippen LogP contribution in [0.15, 0.2) is 59.1 Å². The molecule has 1 saturated heterocycles. The minimum Gasteiger partial charge on any atom is -0.436 e. The second-order valence-electron chi connectivity index (χ2n) is 8.59. The molecule has 1 amide bonds. The number of carbonyl (C=O) groups excluding carboxylic acids is 1. The molecule has 4 rings (SSSR count). The lowest BCUT2D eigenvalue weighted by Gasteiger charge is -2.38. The van der Waals surface area contributed by atoms with Crippen molar-refractivity contribution in [3.63, 3.8) is 0 Å². The fraction of sp³-hybridized carbons (Fsp3) is 0.346. The lowest BCUT2D eigenvalue weighted by atomic mass is 10.0. The highest BCUT2D eigenvalue weighted by Crippen LogP contribution is 2.29. The van der Waals surface area contributed by atoms with Crippen LogP contribution in [0.3, 0.4) is 0 Å². The molecule has 1 unspecified atom stereocenters. The second-order valence-corrected chi connectivity index (χ2v) is 8.59. The summed E-state index contributed by atoms with van der Waals surface area (Å²) in [5.74, 6) is 1.34. The molecular weight excluding hydrogens is 400 g/mol. The Labute approximate surface area is 189 Å². The van der Waals surface area contributed by atoms with E-state index in [-0.39, 0.29) is 17.9 Å². The summed E-state index contributed by atoms with van der Waals surface area (Å²) in [5.41, 5.74) is 3.40. The number of nitriles is 1. The predicted molar refractivity (Wildman–Crippen MR) is 124 cm³/mol. The lowest BCUT2D eigenvalue weighted by molar-refractivity contribution is 0.0577. The standard InChI is InChI=1S/C26H28N4O2/c1-18(2)23(16-27)29-12-14-30(15-13-29)26(31)22-7-5-4-6-21(22)25-28-17-24(32-25)20-10-8-19(3)9-11-20/h4-11,17-18,23H,12-15H2,1-3H3. The van der Waals surface area contributed by atoms with Crippen molar-refractivity contribution in [3.8, 4) is 28.8 Å². The van der Waals surface area contributed by atoms with Gasteiger partial charge in [0.15, 0.2) is 5.76 Å². The molecule has 164 valence electrons. The highest BCUT2D eigenvalue weighted by Gasteiger charge is 2.29. The molecule has 6 nitrogen and oxygen atoms in total. The number of carbonyl (C=O) groups is 1. The van der Waals surface area contributed by atoms with Crippen LogP contribution in [-0.2, 0) is 0 Å². The molecule has 2 heterocycles. The van der Waals surface area contributed by atoms with Gasteiger partial charge in [-0.25, -0.2) is 4.98 Å². The SMILES string of the molecule is Cc1ccc(-c2cnc(-c3ccccc3C(=O)N3CCN(C(C#N)C(C)C)CC3)o2)cc1. The minimum absolute atomic E-state index is 0.0339. The molecule has 1 aliphatic heterocycles. The first-order chi connectivity index (χ1) is 15.5. The Balaban J connectivity index is 1.53. The molecule has 32 heavy (non-hydrogen) atoms. The highest BCUT2D eigenvalue weighted by atomic mass is 16.4. The number of amides is 1. The molecule has 6 heteroatoms. The van der Waals surface area contributed by atoms with Crippen LogP contribution in [-0.4, -0.2) is 52.9 Å². The van der Waals surface area contributed by atoms with Crippen molar-refractivity contribution in [1.29, 1.82) is 5.26 Å². The zero-order valence-electron chi connectivity index (χ0n) is 18.8. The Morgan fingerprint density at radius 2 is 1.75 bits per heavy atom. The van der Waals surface area contributed by atoms with Crippen molar-refractivity contribution in [2.75, 3.05) is 26.2 Å². The third-order valence-corrected chi connectivity index (χ3v) is 5.99. The van der Waals surface area contributed by atoms with Gasteiger partial charge in [-0.2, -0.15) is 5.26 Å². The third kappa shape index (κ3) is 4.44. The summed E-state index contributed by atoms with van der Waals surface area (Å²) >= 11 is 0. The van der Waals surface area contributed by atoms with Crippen molar-refractivity contribution in [2.24, 2.45) is 5.92 Å². The van der Waals surface area contributed by atoms with Gasteiger partial charge >= 0.3 is 0 Å². The van der Waals surface area contributed by atoms with Gasteiger partial charge in [-0.05, 0) is 25.0 Å². The maximum Gasteiger partial charge on any atom is 0.254 e. The Hall–Kier alpha value is -3.43. The molecule has 1 aliphatic rings. The van der Waals surface area contributed by atoms with Crippen LogP contribution >= 0.6 is 0 Å². The Bertz CT molecular complexity index is 1120. The molecule has 2 aromatic carbocycles. The van der Waals surface area contributed by atoms with Crippen LogP contribution in [0.1, 0.15) is 29.8 Å². The fourth-order valence-corrected chi connectivity index (χ4v) is 4.13. The number of nitrogens with zero attached hydrogens (tertiary/aromatic N) is 4. The molecule has 0 radical (unpaired) electrons. The molecule has 1 fully saturated rings. The molecular formula is C26H28N4O2. The topological polar surface area (TPSA) is 73.4 Å². The molecule has 0 saturated carbocycles. The van der Waals surface area contributed by atoms with Crippen molar-refractivity contribution in [2.45, 2.75) is 26.8 Å². The van der Waals surface area contributed by atoms with E-state index in [1.165, 1.54) is 5.56 Å². The van der Waals surface area contributed by atoms with Crippen LogP contribution < -0.4 is 0 Å². The first-order valence-electron chi connectivity index (χ1n) is 11.0. The van der Waals surface area contributed by atoms with Gasteiger partial charge < -0.3 is 9.32 Å². The number of hydrogen-bond donors (Lipinski definition) is 0. The molecule has 1 atom stereocenters. The van der Waals surface area contributed by atoms with Gasteiger partial charge in [0.05, 0.1) is 17.8 Å². The first kappa shape index (κ1) is 21.8. The molecule has 0 N–H and O–H groups in total. The summed E-state index contributed by atoms with van der Waals surface area (Å²) in [6.07, 6.45) is 1.70. The van der Waals surface area contributed by atoms with Gasteiger partial charge in [-0.1, -0.05) is 55.8 Å². The number of piperazine rings is 1. The van der Waals surface area contributed by atoms with E-state index in [9.17, 15) is 10.1 Å². The molecule has 1 aromatic heterocycles. The molecule has 3 aromatic rings. The highest BCUT2D eigenvalue weighted by molar-refractivity contribution is 6.00. The smallest absolute Gasteiger partial charge is 0.254 e. The maximum absolute atomic E-state index is 13.4. The third-order valence-electron chi connectivity index (χ3n) is 5.99. The quantitative estimate of drug-likeness (QED) is 0.593. The summed E-state index contributed by atoms with van der Waals surface area (Å²) in [6.45, 7) is 8.74. The van der Waals surface area contributed by atoms with Gasteiger partial charge in [-0.15, -0.1) is 0 Å². The Kier molecular flexibility index (Phi) is 6.38. The maximum atomic E-state index is 13.4. The summed E-state index contributed by atoms with van der Waals surface area (Å²) in [6, 6.07) is 17.8. The van der Waals surface area contributed by atoms with Crippen molar-refractivity contribution in [1.82, 2.24) is 14.8 Å². The van der Waals surface area contributed by atoms with E-state index < -0.39 is 0 Å². The van der Waals surface area contributed by atoms with Crippen molar-refractivity contribution in [3.05, 3.63) is 65.9 Å². The number of benzene rings is 2. The zero-order valence-corrected chi connectivity index (χ0v) is 18.8. The van der Waals surface area contributed by atoms with E-state index in [4.69, 9.17) is 4.42 Å². The van der Waals surface area contributed by atoms with Crippen LogP contribution in [0.2, 0.25) is 0 Å². The van der Waals surface area contributed by atoms with Gasteiger partial charge in [0, 0.05) is 37.3 Å². The molecule has 0 aliphatic carbocycles. The van der Waals surface area contributed by atoms with Crippen LogP contribution in [0.4, 0.5) is 0 Å². The number of oxazole rings is 1. The lowest BCUT2D eigenvalue weighted by Crippen LogP contribution is -2.52. The van der Waals surface area contributed by atoms with E-state index >= 15 is 0 Å². The van der Waals surface area contributed by atoms with E-state index in [1.807, 2.05) is 60.4 Å². The van der Waals surface area contributed by atoms with Crippen molar-refractivity contribution >= 4 is 5.91 Å². The average molecular weight is 429 g/mol. The second kappa shape index (κ2) is 9.37. The Morgan fingerprint density at radius 1 is 1.06 bits per heavy atom. The number of hydrogen-bond acceptors (Lipinski definition) is 5. The summed E-state index contributed by atoms with van der Waals surface area (Å²) < 4.78 is 6.04. The molecule has 0 spiro atoms. The van der Waals surface area contributed by atoms with E-state index in [0.717, 1.165) is 5.56 Å².